The number of ether oxygens (including phenoxy) is 1. The molecule has 176 valence electrons. The molecule has 9 heteroatoms. The highest BCUT2D eigenvalue weighted by Gasteiger charge is 2.24. The summed E-state index contributed by atoms with van der Waals surface area (Å²) >= 11 is 1.56. The number of nitrogens with one attached hydrogen (secondary N) is 1. The van der Waals surface area contributed by atoms with E-state index in [2.05, 4.69) is 10.2 Å². The second kappa shape index (κ2) is 11.6. The van der Waals surface area contributed by atoms with Crippen LogP contribution in [0.25, 0.3) is 0 Å². The van der Waals surface area contributed by atoms with Crippen molar-refractivity contribution in [2.75, 3.05) is 49.8 Å². The van der Waals surface area contributed by atoms with E-state index in [1.54, 1.807) is 49.9 Å². The highest BCUT2D eigenvalue weighted by Crippen LogP contribution is 2.32. The van der Waals surface area contributed by atoms with Crippen LogP contribution in [0.3, 0.4) is 0 Å². The summed E-state index contributed by atoms with van der Waals surface area (Å²) in [5.41, 5.74) is 1.59. The SMILES string of the molecule is CCN(CC)c1ccc(S(=O)(=O)N(CC)CC)cc1NC(=O)c1ccc(SC)cc1OC. The van der Waals surface area contributed by atoms with E-state index in [-0.39, 0.29) is 10.8 Å². The van der Waals surface area contributed by atoms with Gasteiger partial charge in [0.1, 0.15) is 5.75 Å². The molecule has 1 N–H and O–H groups in total. The van der Waals surface area contributed by atoms with Crippen LogP contribution in [0.15, 0.2) is 46.2 Å². The fraction of sp³-hybridized carbons (Fsp3) is 0.435. The number of nitrogens with zero attached hydrogens (tertiary/aromatic N) is 2. The summed E-state index contributed by atoms with van der Waals surface area (Å²) in [6, 6.07) is 10.3. The van der Waals surface area contributed by atoms with Crippen molar-refractivity contribution < 1.29 is 17.9 Å². The lowest BCUT2D eigenvalue weighted by Crippen LogP contribution is -2.31. The second-order valence-corrected chi connectivity index (χ2v) is 9.78. The van der Waals surface area contributed by atoms with Crippen LogP contribution in [0.1, 0.15) is 38.1 Å². The first kappa shape index (κ1) is 26.0. The van der Waals surface area contributed by atoms with Gasteiger partial charge in [-0.15, -0.1) is 11.8 Å². The average molecular weight is 480 g/mol. The molecule has 0 atom stereocenters. The Hall–Kier alpha value is -2.23. The smallest absolute Gasteiger partial charge is 0.259 e. The second-order valence-electron chi connectivity index (χ2n) is 6.96. The molecule has 0 saturated heterocycles. The van der Waals surface area contributed by atoms with Gasteiger partial charge in [0.05, 0.1) is 28.9 Å². The van der Waals surface area contributed by atoms with Gasteiger partial charge in [-0.2, -0.15) is 4.31 Å². The maximum Gasteiger partial charge on any atom is 0.259 e. The quantitative estimate of drug-likeness (QED) is 0.477. The number of amides is 1. The molecule has 0 unspecified atom stereocenters. The Balaban J connectivity index is 2.55. The summed E-state index contributed by atoms with van der Waals surface area (Å²) < 4.78 is 33.0. The number of anilines is 2. The summed E-state index contributed by atoms with van der Waals surface area (Å²) in [6.45, 7) is 9.81. The third-order valence-corrected chi connectivity index (χ3v) is 8.09. The van der Waals surface area contributed by atoms with E-state index in [9.17, 15) is 13.2 Å². The van der Waals surface area contributed by atoms with Crippen LogP contribution < -0.4 is 15.0 Å². The Bertz CT molecular complexity index is 1030. The fourth-order valence-electron chi connectivity index (χ4n) is 3.50. The Kier molecular flexibility index (Phi) is 9.42. The van der Waals surface area contributed by atoms with Crippen molar-refractivity contribution in [2.45, 2.75) is 37.5 Å². The molecule has 2 aromatic rings. The van der Waals surface area contributed by atoms with Gasteiger partial charge in [0.25, 0.3) is 5.91 Å². The van der Waals surface area contributed by atoms with Crippen molar-refractivity contribution in [3.05, 3.63) is 42.0 Å². The molecule has 0 saturated carbocycles. The predicted octanol–water partition coefficient (Wildman–Crippen LogP) is 4.55. The zero-order valence-electron chi connectivity index (χ0n) is 19.6. The molecule has 1 amide bonds. The summed E-state index contributed by atoms with van der Waals surface area (Å²) in [5.74, 6) is 0.103. The summed E-state index contributed by atoms with van der Waals surface area (Å²) in [6.07, 6.45) is 1.95. The minimum Gasteiger partial charge on any atom is -0.496 e. The highest BCUT2D eigenvalue weighted by molar-refractivity contribution is 7.98. The van der Waals surface area contributed by atoms with E-state index in [0.29, 0.717) is 43.2 Å². The van der Waals surface area contributed by atoms with Gasteiger partial charge in [0.2, 0.25) is 10.0 Å². The molecule has 0 fully saturated rings. The predicted molar refractivity (Wildman–Crippen MR) is 133 cm³/mol. The Morgan fingerprint density at radius 1 is 1.00 bits per heavy atom. The van der Waals surface area contributed by atoms with Crippen molar-refractivity contribution in [3.8, 4) is 5.75 Å². The Morgan fingerprint density at radius 3 is 2.19 bits per heavy atom. The van der Waals surface area contributed by atoms with E-state index in [1.165, 1.54) is 11.4 Å². The van der Waals surface area contributed by atoms with E-state index < -0.39 is 10.0 Å². The molecule has 0 heterocycles. The van der Waals surface area contributed by atoms with Crippen molar-refractivity contribution >= 4 is 39.1 Å². The van der Waals surface area contributed by atoms with E-state index >= 15 is 0 Å². The topological polar surface area (TPSA) is 79.0 Å². The van der Waals surface area contributed by atoms with Crippen LogP contribution in [0, 0.1) is 0 Å². The average Bonchev–Trinajstić information content (AvgIpc) is 2.80. The van der Waals surface area contributed by atoms with Gasteiger partial charge < -0.3 is 15.0 Å². The van der Waals surface area contributed by atoms with Gasteiger partial charge in [0.15, 0.2) is 0 Å². The normalized spacial score (nSPS) is 11.5. The first-order valence-electron chi connectivity index (χ1n) is 10.7. The molecule has 0 radical (unpaired) electrons. The van der Waals surface area contributed by atoms with Crippen LogP contribution >= 0.6 is 11.8 Å². The lowest BCUT2D eigenvalue weighted by Gasteiger charge is -2.26. The first-order valence-corrected chi connectivity index (χ1v) is 13.4. The van der Waals surface area contributed by atoms with Crippen LogP contribution in [0.5, 0.6) is 5.75 Å². The number of rotatable bonds is 11. The van der Waals surface area contributed by atoms with Crippen molar-refractivity contribution in [2.24, 2.45) is 0 Å². The van der Waals surface area contributed by atoms with Gasteiger partial charge in [-0.25, -0.2) is 8.42 Å². The molecule has 0 aliphatic carbocycles. The molecular formula is C23H33N3O4S2. The summed E-state index contributed by atoms with van der Waals surface area (Å²) in [5, 5.41) is 2.93. The number of carbonyl (C=O) groups is 1. The lowest BCUT2D eigenvalue weighted by atomic mass is 10.1. The van der Waals surface area contributed by atoms with Gasteiger partial charge in [-0.3, -0.25) is 4.79 Å². The van der Waals surface area contributed by atoms with Crippen LogP contribution in [-0.2, 0) is 10.0 Å². The van der Waals surface area contributed by atoms with Crippen molar-refractivity contribution in [1.82, 2.24) is 4.31 Å². The van der Waals surface area contributed by atoms with Gasteiger partial charge in [0, 0.05) is 31.1 Å². The monoisotopic (exact) mass is 479 g/mol. The minimum atomic E-state index is -3.67. The third-order valence-electron chi connectivity index (χ3n) is 5.32. The molecule has 7 nitrogen and oxygen atoms in total. The first-order chi connectivity index (χ1) is 15.3. The van der Waals surface area contributed by atoms with Gasteiger partial charge in [-0.1, -0.05) is 13.8 Å². The van der Waals surface area contributed by atoms with E-state index in [1.807, 2.05) is 32.2 Å². The van der Waals surface area contributed by atoms with Crippen molar-refractivity contribution in [1.29, 1.82) is 0 Å². The maximum absolute atomic E-state index is 13.2. The number of hydrogen-bond acceptors (Lipinski definition) is 6. The highest BCUT2D eigenvalue weighted by atomic mass is 32.2. The molecule has 0 spiro atoms. The zero-order valence-corrected chi connectivity index (χ0v) is 21.3. The molecular weight excluding hydrogens is 446 g/mol. The Labute approximate surface area is 196 Å². The summed E-state index contributed by atoms with van der Waals surface area (Å²) in [7, 11) is -2.14. The molecule has 0 aliphatic heterocycles. The largest absolute Gasteiger partial charge is 0.496 e. The fourth-order valence-corrected chi connectivity index (χ4v) is 5.42. The van der Waals surface area contributed by atoms with Crippen LogP contribution in [0.2, 0.25) is 0 Å². The number of benzene rings is 2. The van der Waals surface area contributed by atoms with Gasteiger partial charge >= 0.3 is 0 Å². The number of carbonyl (C=O) groups excluding carboxylic acids is 1. The maximum atomic E-state index is 13.2. The van der Waals surface area contributed by atoms with Gasteiger partial charge in [-0.05, 0) is 56.5 Å². The molecule has 0 aliphatic rings. The van der Waals surface area contributed by atoms with E-state index in [4.69, 9.17) is 4.74 Å². The number of hydrogen-bond donors (Lipinski definition) is 1. The zero-order chi connectivity index (χ0) is 23.9. The standard InChI is InChI=1S/C23H33N3O4S2/c1-7-25(8-2)21-14-12-18(32(28,29)26(9-3)10-4)16-20(21)24-23(27)19-13-11-17(31-6)15-22(19)30-5/h11-16H,7-10H2,1-6H3,(H,24,27). The van der Waals surface area contributed by atoms with E-state index in [0.717, 1.165) is 10.6 Å². The number of methoxy groups -OCH3 is 1. The minimum absolute atomic E-state index is 0.150. The lowest BCUT2D eigenvalue weighted by molar-refractivity contribution is 0.102. The number of sulfonamides is 1. The molecule has 32 heavy (non-hydrogen) atoms. The van der Waals surface area contributed by atoms with Crippen molar-refractivity contribution in [3.63, 3.8) is 0 Å². The third kappa shape index (κ3) is 5.57. The summed E-state index contributed by atoms with van der Waals surface area (Å²) in [4.78, 5) is 16.4. The van der Waals surface area contributed by atoms with Crippen LogP contribution in [0.4, 0.5) is 11.4 Å². The Morgan fingerprint density at radius 2 is 1.66 bits per heavy atom. The molecule has 0 bridgehead atoms. The molecule has 2 rings (SSSR count). The molecule has 0 aromatic heterocycles. The van der Waals surface area contributed by atoms with Crippen LogP contribution in [-0.4, -0.2) is 58.2 Å². The number of thioether (sulfide) groups is 1. The molecule has 2 aromatic carbocycles.